The number of hydrogen-bond donors (Lipinski definition) is 1. The molecule has 0 saturated carbocycles. The van der Waals surface area contributed by atoms with Crippen molar-refractivity contribution in [3.8, 4) is 0 Å². The zero-order chi connectivity index (χ0) is 10.0. The Bertz CT molecular complexity index is 219. The van der Waals surface area contributed by atoms with Gasteiger partial charge in [-0.3, -0.25) is 4.79 Å². The van der Waals surface area contributed by atoms with Crippen molar-refractivity contribution < 1.29 is 14.3 Å². The smallest absolute Gasteiger partial charge is 0.314 e. The molecule has 14 heavy (non-hydrogen) atoms. The Morgan fingerprint density at radius 3 is 2.57 bits per heavy atom. The highest BCUT2D eigenvalue weighted by atomic mass is 16.6. The fourth-order valence-electron chi connectivity index (χ4n) is 1.73. The van der Waals surface area contributed by atoms with Crippen LogP contribution in [0.4, 0.5) is 0 Å². The maximum Gasteiger partial charge on any atom is 0.314 e. The molecule has 0 aromatic heterocycles. The highest BCUT2D eigenvalue weighted by Crippen LogP contribution is 2.25. The molecule has 2 heterocycles. The van der Waals surface area contributed by atoms with Crippen LogP contribution in [-0.4, -0.2) is 38.4 Å². The van der Waals surface area contributed by atoms with E-state index < -0.39 is 0 Å². The van der Waals surface area contributed by atoms with E-state index in [1.807, 2.05) is 6.92 Å². The van der Waals surface area contributed by atoms with Crippen LogP contribution >= 0.6 is 0 Å². The van der Waals surface area contributed by atoms with Gasteiger partial charge in [0.25, 0.3) is 0 Å². The minimum Gasteiger partial charge on any atom is -0.462 e. The number of hydrogen-bond acceptors (Lipinski definition) is 4. The van der Waals surface area contributed by atoms with Crippen LogP contribution in [0.25, 0.3) is 0 Å². The Kier molecular flexibility index (Phi) is 2.74. The fraction of sp³-hybridized carbons (Fsp3) is 0.900. The quantitative estimate of drug-likeness (QED) is 0.651. The molecule has 2 aliphatic heterocycles. The predicted octanol–water partition coefficient (Wildman–Crippen LogP) is 0.318. The number of carbonyl (C=O) groups is 1. The molecule has 4 heteroatoms. The molecule has 80 valence electrons. The average Bonchev–Trinajstić information content (AvgIpc) is 2.15. The second-order valence-corrected chi connectivity index (χ2v) is 4.38. The monoisotopic (exact) mass is 199 g/mol. The van der Waals surface area contributed by atoms with Gasteiger partial charge >= 0.3 is 5.97 Å². The summed E-state index contributed by atoms with van der Waals surface area (Å²) in [4.78, 5) is 11.7. The molecule has 2 saturated heterocycles. The molecule has 0 aliphatic carbocycles. The lowest BCUT2D eigenvalue weighted by molar-refractivity contribution is -0.167. The van der Waals surface area contributed by atoms with E-state index in [0.29, 0.717) is 13.2 Å². The molecule has 1 N–H and O–H groups in total. The van der Waals surface area contributed by atoms with Gasteiger partial charge < -0.3 is 14.8 Å². The third kappa shape index (κ3) is 1.91. The minimum atomic E-state index is -0.279. The number of nitrogens with one attached hydrogen (secondary N) is 1. The summed E-state index contributed by atoms with van der Waals surface area (Å²) in [5, 5.41) is 3.09. The van der Waals surface area contributed by atoms with Crippen LogP contribution in [0, 0.1) is 5.41 Å². The fourth-order valence-corrected chi connectivity index (χ4v) is 1.73. The molecular weight excluding hydrogens is 182 g/mol. The van der Waals surface area contributed by atoms with Gasteiger partial charge in [-0.2, -0.15) is 0 Å². The first-order valence-corrected chi connectivity index (χ1v) is 5.20. The van der Waals surface area contributed by atoms with Crippen molar-refractivity contribution in [1.29, 1.82) is 0 Å². The molecule has 0 aromatic rings. The van der Waals surface area contributed by atoms with Gasteiger partial charge in [-0.05, 0) is 6.92 Å². The summed E-state index contributed by atoms with van der Waals surface area (Å²) < 4.78 is 10.6. The SMILES string of the molecule is CC1(C(=O)OC2CCOCC2)CNC1. The normalized spacial score (nSPS) is 26.6. The standard InChI is InChI=1S/C10H17NO3/c1-10(6-11-7-10)9(12)14-8-2-4-13-5-3-8/h8,11H,2-7H2,1H3. The van der Waals surface area contributed by atoms with Crippen LogP contribution in [-0.2, 0) is 14.3 Å². The highest BCUT2D eigenvalue weighted by molar-refractivity contribution is 5.78. The van der Waals surface area contributed by atoms with Gasteiger partial charge in [-0.15, -0.1) is 0 Å². The van der Waals surface area contributed by atoms with Crippen LogP contribution in [0.2, 0.25) is 0 Å². The summed E-state index contributed by atoms with van der Waals surface area (Å²) in [6, 6.07) is 0. The lowest BCUT2D eigenvalue weighted by atomic mass is 9.84. The van der Waals surface area contributed by atoms with Crippen molar-refractivity contribution >= 4 is 5.97 Å². The number of ether oxygens (including phenoxy) is 2. The first-order valence-electron chi connectivity index (χ1n) is 5.20. The van der Waals surface area contributed by atoms with Gasteiger partial charge in [0.15, 0.2) is 0 Å². The molecule has 0 spiro atoms. The largest absolute Gasteiger partial charge is 0.462 e. The highest BCUT2D eigenvalue weighted by Gasteiger charge is 2.41. The van der Waals surface area contributed by atoms with Gasteiger partial charge in [0.2, 0.25) is 0 Å². The zero-order valence-electron chi connectivity index (χ0n) is 8.54. The van der Waals surface area contributed by atoms with Crippen LogP contribution in [0.3, 0.4) is 0 Å². The van der Waals surface area contributed by atoms with Crippen LogP contribution in [0.5, 0.6) is 0 Å². The van der Waals surface area contributed by atoms with E-state index in [0.717, 1.165) is 25.9 Å². The number of carbonyl (C=O) groups excluding carboxylic acids is 1. The van der Waals surface area contributed by atoms with Gasteiger partial charge in [-0.25, -0.2) is 0 Å². The van der Waals surface area contributed by atoms with E-state index in [-0.39, 0.29) is 17.5 Å². The molecule has 0 amide bonds. The van der Waals surface area contributed by atoms with Crippen molar-refractivity contribution in [3.63, 3.8) is 0 Å². The molecule has 0 unspecified atom stereocenters. The molecule has 0 radical (unpaired) electrons. The summed E-state index contributed by atoms with van der Waals surface area (Å²) >= 11 is 0. The lowest BCUT2D eigenvalue weighted by Crippen LogP contribution is -2.57. The Labute approximate surface area is 84.0 Å². The van der Waals surface area contributed by atoms with Crippen LogP contribution in [0.15, 0.2) is 0 Å². The van der Waals surface area contributed by atoms with E-state index in [1.54, 1.807) is 0 Å². The third-order valence-corrected chi connectivity index (χ3v) is 2.97. The van der Waals surface area contributed by atoms with E-state index in [9.17, 15) is 4.79 Å². The van der Waals surface area contributed by atoms with E-state index in [4.69, 9.17) is 9.47 Å². The van der Waals surface area contributed by atoms with Crippen molar-refractivity contribution in [2.75, 3.05) is 26.3 Å². The van der Waals surface area contributed by atoms with Gasteiger partial charge in [0.1, 0.15) is 6.10 Å². The minimum absolute atomic E-state index is 0.0526. The van der Waals surface area contributed by atoms with E-state index >= 15 is 0 Å². The number of rotatable bonds is 2. The Balaban J connectivity index is 1.81. The first kappa shape index (κ1) is 9.93. The van der Waals surface area contributed by atoms with Gasteiger partial charge in [0, 0.05) is 25.9 Å². The molecule has 0 aromatic carbocycles. The molecule has 4 nitrogen and oxygen atoms in total. The average molecular weight is 199 g/mol. The predicted molar refractivity (Wildman–Crippen MR) is 50.9 cm³/mol. The first-order chi connectivity index (χ1) is 6.71. The number of esters is 1. The second-order valence-electron chi connectivity index (χ2n) is 4.38. The maximum atomic E-state index is 11.7. The van der Waals surface area contributed by atoms with E-state index in [1.165, 1.54) is 0 Å². The summed E-state index contributed by atoms with van der Waals surface area (Å²) in [5.41, 5.74) is -0.279. The summed E-state index contributed by atoms with van der Waals surface area (Å²) in [5.74, 6) is -0.0526. The van der Waals surface area contributed by atoms with Gasteiger partial charge in [0.05, 0.1) is 18.6 Å². The Morgan fingerprint density at radius 2 is 2.07 bits per heavy atom. The molecule has 0 atom stereocenters. The summed E-state index contributed by atoms with van der Waals surface area (Å²) in [6.07, 6.45) is 1.76. The Morgan fingerprint density at radius 1 is 1.43 bits per heavy atom. The second kappa shape index (κ2) is 3.87. The molecule has 2 aliphatic rings. The summed E-state index contributed by atoms with van der Waals surface area (Å²) in [7, 11) is 0. The zero-order valence-corrected chi connectivity index (χ0v) is 8.54. The molecule has 2 rings (SSSR count). The lowest BCUT2D eigenvalue weighted by Gasteiger charge is -2.38. The third-order valence-electron chi connectivity index (χ3n) is 2.97. The van der Waals surface area contributed by atoms with Crippen molar-refractivity contribution in [1.82, 2.24) is 5.32 Å². The van der Waals surface area contributed by atoms with Crippen molar-refractivity contribution in [2.45, 2.75) is 25.9 Å². The topological polar surface area (TPSA) is 47.6 Å². The molecular formula is C10H17NO3. The molecule has 0 bridgehead atoms. The van der Waals surface area contributed by atoms with Crippen LogP contribution in [0.1, 0.15) is 19.8 Å². The Hall–Kier alpha value is -0.610. The van der Waals surface area contributed by atoms with E-state index in [2.05, 4.69) is 5.32 Å². The van der Waals surface area contributed by atoms with Crippen molar-refractivity contribution in [2.24, 2.45) is 5.41 Å². The van der Waals surface area contributed by atoms with Gasteiger partial charge in [-0.1, -0.05) is 0 Å². The maximum absolute atomic E-state index is 11.7. The van der Waals surface area contributed by atoms with Crippen LogP contribution < -0.4 is 5.32 Å². The summed E-state index contributed by atoms with van der Waals surface area (Å²) in [6.45, 7) is 4.87. The molecule has 2 fully saturated rings. The van der Waals surface area contributed by atoms with Crippen molar-refractivity contribution in [3.05, 3.63) is 0 Å².